The third-order valence-electron chi connectivity index (χ3n) is 4.30. The molecule has 2 N–H and O–H groups in total. The van der Waals surface area contributed by atoms with Crippen molar-refractivity contribution in [1.82, 2.24) is 20.8 Å². The molecule has 0 saturated carbocycles. The zero-order chi connectivity index (χ0) is 15.8. The third kappa shape index (κ3) is 5.40. The molecule has 0 aromatic carbocycles. The van der Waals surface area contributed by atoms with Crippen molar-refractivity contribution in [3.63, 3.8) is 0 Å². The maximum Gasteiger partial charge on any atom is 0.226 e. The standard InChI is InChI=1S/C16H28N4O2/c1-3-5-13-19-15(22-20-13)7-4-6-14(21)18-12-16(2)8-10-17-11-9-16/h17H,3-12H2,1-2H3,(H,18,21). The molecule has 1 amide bonds. The zero-order valence-electron chi connectivity index (χ0n) is 13.8. The normalized spacial score (nSPS) is 17.4. The summed E-state index contributed by atoms with van der Waals surface area (Å²) in [6, 6.07) is 0. The molecule has 1 saturated heterocycles. The molecule has 0 bridgehead atoms. The van der Waals surface area contributed by atoms with Crippen LogP contribution in [-0.2, 0) is 17.6 Å². The van der Waals surface area contributed by atoms with Gasteiger partial charge in [-0.2, -0.15) is 4.98 Å². The lowest BCUT2D eigenvalue weighted by molar-refractivity contribution is -0.121. The predicted molar refractivity (Wildman–Crippen MR) is 84.5 cm³/mol. The highest BCUT2D eigenvalue weighted by Gasteiger charge is 2.26. The van der Waals surface area contributed by atoms with Crippen molar-refractivity contribution in [2.45, 2.75) is 58.8 Å². The average molecular weight is 308 g/mol. The van der Waals surface area contributed by atoms with Crippen molar-refractivity contribution in [3.8, 4) is 0 Å². The molecule has 6 heteroatoms. The van der Waals surface area contributed by atoms with E-state index < -0.39 is 0 Å². The Labute approximate surface area is 132 Å². The molecule has 22 heavy (non-hydrogen) atoms. The summed E-state index contributed by atoms with van der Waals surface area (Å²) in [4.78, 5) is 16.2. The monoisotopic (exact) mass is 308 g/mol. The molecular weight excluding hydrogens is 280 g/mol. The summed E-state index contributed by atoms with van der Waals surface area (Å²) in [7, 11) is 0. The van der Waals surface area contributed by atoms with Gasteiger partial charge in [-0.1, -0.05) is 19.0 Å². The number of piperidine rings is 1. The number of aryl methyl sites for hydroxylation is 2. The average Bonchev–Trinajstić information content (AvgIpc) is 2.94. The zero-order valence-corrected chi connectivity index (χ0v) is 13.8. The van der Waals surface area contributed by atoms with E-state index in [0.29, 0.717) is 18.7 Å². The lowest BCUT2D eigenvalue weighted by Crippen LogP contribution is -2.42. The summed E-state index contributed by atoms with van der Waals surface area (Å²) in [5.74, 6) is 1.52. The van der Waals surface area contributed by atoms with Crippen molar-refractivity contribution >= 4 is 5.91 Å². The molecule has 1 aromatic rings. The van der Waals surface area contributed by atoms with Crippen LogP contribution >= 0.6 is 0 Å². The molecule has 0 spiro atoms. The smallest absolute Gasteiger partial charge is 0.226 e. The van der Waals surface area contributed by atoms with E-state index in [2.05, 4.69) is 34.6 Å². The molecule has 2 heterocycles. The Balaban J connectivity index is 1.62. The molecule has 0 unspecified atom stereocenters. The minimum absolute atomic E-state index is 0.119. The first-order valence-corrected chi connectivity index (χ1v) is 8.40. The van der Waals surface area contributed by atoms with Crippen LogP contribution in [0.5, 0.6) is 0 Å². The van der Waals surface area contributed by atoms with E-state index in [0.717, 1.165) is 57.6 Å². The van der Waals surface area contributed by atoms with Crippen molar-refractivity contribution < 1.29 is 9.32 Å². The highest BCUT2D eigenvalue weighted by molar-refractivity contribution is 5.75. The molecule has 124 valence electrons. The van der Waals surface area contributed by atoms with Crippen molar-refractivity contribution in [3.05, 3.63) is 11.7 Å². The second-order valence-electron chi connectivity index (χ2n) is 6.55. The number of amides is 1. The Hall–Kier alpha value is -1.43. The van der Waals surface area contributed by atoms with E-state index >= 15 is 0 Å². The number of carbonyl (C=O) groups is 1. The number of hydrogen-bond acceptors (Lipinski definition) is 5. The molecule has 1 aromatic heterocycles. The fourth-order valence-electron chi connectivity index (χ4n) is 2.72. The first kappa shape index (κ1) is 16.9. The summed E-state index contributed by atoms with van der Waals surface area (Å²) >= 11 is 0. The van der Waals surface area contributed by atoms with Gasteiger partial charge in [0, 0.05) is 25.8 Å². The molecule has 1 aliphatic heterocycles. The van der Waals surface area contributed by atoms with E-state index in [4.69, 9.17) is 4.52 Å². The van der Waals surface area contributed by atoms with E-state index in [1.54, 1.807) is 0 Å². The minimum atomic E-state index is 0.119. The van der Waals surface area contributed by atoms with Crippen LogP contribution < -0.4 is 10.6 Å². The van der Waals surface area contributed by atoms with Gasteiger partial charge < -0.3 is 15.2 Å². The van der Waals surface area contributed by atoms with Crippen molar-refractivity contribution in [2.75, 3.05) is 19.6 Å². The van der Waals surface area contributed by atoms with Crippen LogP contribution in [0.3, 0.4) is 0 Å². The minimum Gasteiger partial charge on any atom is -0.356 e. The van der Waals surface area contributed by atoms with Gasteiger partial charge in [0.2, 0.25) is 11.8 Å². The first-order chi connectivity index (χ1) is 10.6. The number of nitrogens with one attached hydrogen (secondary N) is 2. The van der Waals surface area contributed by atoms with E-state index in [-0.39, 0.29) is 11.3 Å². The predicted octanol–water partition coefficient (Wildman–Crippen LogP) is 1.85. The Morgan fingerprint density at radius 2 is 2.14 bits per heavy atom. The lowest BCUT2D eigenvalue weighted by atomic mass is 9.81. The quantitative estimate of drug-likeness (QED) is 0.766. The summed E-state index contributed by atoms with van der Waals surface area (Å²) in [6.07, 6.45) is 6.03. The van der Waals surface area contributed by atoms with Crippen molar-refractivity contribution in [2.24, 2.45) is 5.41 Å². The summed E-state index contributed by atoms with van der Waals surface area (Å²) in [5, 5.41) is 10.3. The fourth-order valence-corrected chi connectivity index (χ4v) is 2.72. The van der Waals surface area contributed by atoms with Gasteiger partial charge in [-0.05, 0) is 44.2 Å². The molecule has 0 atom stereocenters. The topological polar surface area (TPSA) is 80.0 Å². The number of nitrogens with zero attached hydrogens (tertiary/aromatic N) is 2. The number of aromatic nitrogens is 2. The molecule has 6 nitrogen and oxygen atoms in total. The van der Waals surface area contributed by atoms with E-state index in [1.807, 2.05) is 0 Å². The van der Waals surface area contributed by atoms with Gasteiger partial charge in [0.05, 0.1) is 0 Å². The SMILES string of the molecule is CCCc1noc(CCCC(=O)NCC2(C)CCNCC2)n1. The van der Waals surface area contributed by atoms with E-state index in [9.17, 15) is 4.79 Å². The number of carbonyl (C=O) groups excluding carboxylic acids is 1. The van der Waals surface area contributed by atoms with Crippen LogP contribution in [0.4, 0.5) is 0 Å². The lowest BCUT2D eigenvalue weighted by Gasteiger charge is -2.34. The maximum atomic E-state index is 11.9. The fraction of sp³-hybridized carbons (Fsp3) is 0.812. The van der Waals surface area contributed by atoms with Crippen LogP contribution in [0.2, 0.25) is 0 Å². The van der Waals surface area contributed by atoms with Crippen LogP contribution in [0.15, 0.2) is 4.52 Å². The maximum absolute atomic E-state index is 11.9. The number of hydrogen-bond donors (Lipinski definition) is 2. The Kier molecular flexibility index (Phi) is 6.36. The summed E-state index contributed by atoms with van der Waals surface area (Å²) in [6.45, 7) is 7.20. The van der Waals surface area contributed by atoms with Crippen LogP contribution in [-0.4, -0.2) is 35.7 Å². The van der Waals surface area contributed by atoms with Crippen LogP contribution in [0, 0.1) is 5.41 Å². The van der Waals surface area contributed by atoms with Gasteiger partial charge in [0.15, 0.2) is 5.82 Å². The summed E-state index contributed by atoms with van der Waals surface area (Å²) < 4.78 is 5.17. The van der Waals surface area contributed by atoms with Crippen molar-refractivity contribution in [1.29, 1.82) is 0 Å². The Bertz CT molecular complexity index is 466. The Morgan fingerprint density at radius 3 is 2.86 bits per heavy atom. The second kappa shape index (κ2) is 8.27. The molecule has 1 aliphatic rings. The van der Waals surface area contributed by atoms with Crippen LogP contribution in [0.1, 0.15) is 57.7 Å². The third-order valence-corrected chi connectivity index (χ3v) is 4.30. The van der Waals surface area contributed by atoms with Gasteiger partial charge in [-0.15, -0.1) is 0 Å². The second-order valence-corrected chi connectivity index (χ2v) is 6.55. The number of rotatable bonds is 8. The molecule has 0 radical (unpaired) electrons. The molecule has 2 rings (SSSR count). The van der Waals surface area contributed by atoms with Gasteiger partial charge in [0.1, 0.15) is 0 Å². The largest absolute Gasteiger partial charge is 0.356 e. The van der Waals surface area contributed by atoms with E-state index in [1.165, 1.54) is 0 Å². The highest BCUT2D eigenvalue weighted by Crippen LogP contribution is 2.26. The Morgan fingerprint density at radius 1 is 1.36 bits per heavy atom. The summed E-state index contributed by atoms with van der Waals surface area (Å²) in [5.41, 5.74) is 0.239. The van der Waals surface area contributed by atoms with Crippen LogP contribution in [0.25, 0.3) is 0 Å². The first-order valence-electron chi connectivity index (χ1n) is 8.40. The van der Waals surface area contributed by atoms with Gasteiger partial charge >= 0.3 is 0 Å². The molecule has 0 aliphatic carbocycles. The van der Waals surface area contributed by atoms with Gasteiger partial charge in [-0.3, -0.25) is 4.79 Å². The molecule has 1 fully saturated rings. The highest BCUT2D eigenvalue weighted by atomic mass is 16.5. The van der Waals surface area contributed by atoms with Gasteiger partial charge in [0.25, 0.3) is 0 Å². The van der Waals surface area contributed by atoms with Gasteiger partial charge in [-0.25, -0.2) is 0 Å². The molecular formula is C16H28N4O2.